The number of benzene rings is 3. The van der Waals surface area contributed by atoms with Crippen LogP contribution in [0.15, 0.2) is 96.4 Å². The van der Waals surface area contributed by atoms with E-state index in [1.165, 1.54) is 4.68 Å². The summed E-state index contributed by atoms with van der Waals surface area (Å²) in [6.45, 7) is 5.77. The van der Waals surface area contributed by atoms with Crippen LogP contribution in [0, 0.1) is 20.8 Å². The Morgan fingerprint density at radius 1 is 0.914 bits per heavy atom. The second-order valence-corrected chi connectivity index (χ2v) is 8.28. The van der Waals surface area contributed by atoms with Crippen LogP contribution in [0.2, 0.25) is 0 Å². The average Bonchev–Trinajstić information content (AvgIpc) is 3.49. The Bertz CT molecular complexity index is 1570. The molecule has 0 atom stereocenters. The predicted molar refractivity (Wildman–Crippen MR) is 131 cm³/mol. The lowest BCUT2D eigenvalue weighted by Crippen LogP contribution is -2.14. The van der Waals surface area contributed by atoms with Gasteiger partial charge in [-0.1, -0.05) is 36.4 Å². The van der Waals surface area contributed by atoms with Gasteiger partial charge in [0.25, 0.3) is 5.56 Å². The molecule has 2 heterocycles. The van der Waals surface area contributed by atoms with E-state index in [1.54, 1.807) is 25.1 Å². The number of H-pyrrole nitrogens is 1. The molecule has 1 aliphatic rings. The topological polar surface area (TPSA) is 132 Å². The Morgan fingerprint density at radius 2 is 1.69 bits per heavy atom. The van der Waals surface area contributed by atoms with Gasteiger partial charge in [-0.05, 0) is 72.2 Å². The van der Waals surface area contributed by atoms with E-state index in [1.807, 2.05) is 56.3 Å². The molecule has 0 radical (unpaired) electrons. The van der Waals surface area contributed by atoms with Crippen LogP contribution in [0.3, 0.4) is 0 Å². The van der Waals surface area contributed by atoms with Crippen molar-refractivity contribution < 1.29 is 5.11 Å². The monoisotopic (exact) mass is 466 g/mol. The molecule has 5 rings (SSSR count). The number of azo groups is 1. The number of aromatic amines is 1. The molecule has 3 aromatic carbocycles. The molecule has 0 fully saturated rings. The minimum absolute atomic E-state index is 0.0502. The van der Waals surface area contributed by atoms with Gasteiger partial charge in [-0.2, -0.15) is 0 Å². The molecule has 0 spiro atoms. The van der Waals surface area contributed by atoms with Crippen molar-refractivity contribution in [3.05, 3.63) is 93.4 Å². The van der Waals surface area contributed by atoms with E-state index in [0.29, 0.717) is 16.9 Å². The van der Waals surface area contributed by atoms with Gasteiger partial charge in [0.1, 0.15) is 5.69 Å². The number of phenols is 1. The Kier molecular flexibility index (Phi) is 5.61. The van der Waals surface area contributed by atoms with Crippen LogP contribution < -0.4 is 5.56 Å². The number of nitrogens with zero attached hydrogens (tertiary/aromatic N) is 7. The molecule has 2 N–H and O–H groups in total. The third kappa shape index (κ3) is 4.17. The third-order valence-electron chi connectivity index (χ3n) is 5.92. The minimum atomic E-state index is -0.490. The van der Waals surface area contributed by atoms with E-state index < -0.39 is 6.17 Å². The molecule has 174 valence electrons. The van der Waals surface area contributed by atoms with Crippen LogP contribution in [0.4, 0.5) is 11.4 Å². The van der Waals surface area contributed by atoms with E-state index in [0.717, 1.165) is 22.3 Å². The summed E-state index contributed by atoms with van der Waals surface area (Å²) in [4.78, 5) is 13.0. The third-order valence-corrected chi connectivity index (χ3v) is 5.92. The van der Waals surface area contributed by atoms with Crippen molar-refractivity contribution in [1.29, 1.82) is 0 Å². The zero-order valence-corrected chi connectivity index (χ0v) is 19.3. The van der Waals surface area contributed by atoms with Gasteiger partial charge in [-0.25, -0.2) is 4.68 Å². The largest absolute Gasteiger partial charge is 0.505 e. The van der Waals surface area contributed by atoms with Crippen LogP contribution in [-0.2, 0) is 0 Å². The first-order valence-corrected chi connectivity index (χ1v) is 11.0. The van der Waals surface area contributed by atoms with Crippen LogP contribution >= 0.6 is 0 Å². The van der Waals surface area contributed by atoms with Crippen LogP contribution in [0.25, 0.3) is 16.8 Å². The molecular formula is C25H22N8O2. The molecular weight excluding hydrogens is 444 g/mol. The Morgan fingerprint density at radius 3 is 2.46 bits per heavy atom. The molecule has 0 amide bonds. The SMILES string of the molecule is Cc1ccc(-n2[nH]c(C)c(N=Nc3cccc(-c4cccc(C5N=NN=N5)c4)c3O)c2=O)cc1C. The zero-order chi connectivity index (χ0) is 24.5. The van der Waals surface area contributed by atoms with E-state index in [2.05, 4.69) is 36.0 Å². The Labute approximate surface area is 200 Å². The number of hydrogen-bond acceptors (Lipinski definition) is 8. The number of nitrogens with one attached hydrogen (secondary N) is 1. The van der Waals surface area contributed by atoms with Gasteiger partial charge < -0.3 is 5.11 Å². The van der Waals surface area contributed by atoms with E-state index in [-0.39, 0.29) is 22.7 Å². The highest BCUT2D eigenvalue weighted by atomic mass is 16.3. The fraction of sp³-hybridized carbons (Fsp3) is 0.160. The summed E-state index contributed by atoms with van der Waals surface area (Å²) >= 11 is 0. The van der Waals surface area contributed by atoms with Crippen LogP contribution in [0.1, 0.15) is 28.6 Å². The van der Waals surface area contributed by atoms with Crippen molar-refractivity contribution in [3.63, 3.8) is 0 Å². The first-order chi connectivity index (χ1) is 16.9. The van der Waals surface area contributed by atoms with Crippen LogP contribution in [-0.4, -0.2) is 14.9 Å². The van der Waals surface area contributed by atoms with Gasteiger partial charge in [0.15, 0.2) is 11.4 Å². The summed E-state index contributed by atoms with van der Waals surface area (Å²) in [6, 6.07) is 18.4. The second kappa shape index (κ2) is 8.90. The van der Waals surface area contributed by atoms with Crippen molar-refractivity contribution in [2.75, 3.05) is 0 Å². The fourth-order valence-electron chi connectivity index (χ4n) is 3.82. The molecule has 1 aromatic heterocycles. The van der Waals surface area contributed by atoms with Gasteiger partial charge in [-0.15, -0.1) is 20.5 Å². The molecule has 0 unspecified atom stereocenters. The molecule has 10 nitrogen and oxygen atoms in total. The van der Waals surface area contributed by atoms with Crippen molar-refractivity contribution in [3.8, 4) is 22.6 Å². The van der Waals surface area contributed by atoms with Crippen molar-refractivity contribution in [2.45, 2.75) is 26.9 Å². The molecule has 1 aliphatic heterocycles. The Hall–Kier alpha value is -4.73. The molecule has 35 heavy (non-hydrogen) atoms. The molecule has 4 aromatic rings. The fourth-order valence-corrected chi connectivity index (χ4v) is 3.82. The lowest BCUT2D eigenvalue weighted by atomic mass is 10.0. The number of hydrogen-bond donors (Lipinski definition) is 2. The standard InChI is InChI=1S/C25H22N8O2/c1-14-10-11-19(12-15(14)2)33-25(35)22(16(3)30-33)27-26-21-9-5-8-20(23(21)34)17-6-4-7-18(13-17)24-28-31-32-29-24/h4-13,24,30,34H,1-3H3. The molecule has 0 saturated carbocycles. The quantitative estimate of drug-likeness (QED) is 0.316. The van der Waals surface area contributed by atoms with Crippen LogP contribution in [0.5, 0.6) is 5.75 Å². The summed E-state index contributed by atoms with van der Waals surface area (Å²) in [7, 11) is 0. The highest BCUT2D eigenvalue weighted by molar-refractivity contribution is 5.76. The number of aromatic hydroxyl groups is 1. The summed E-state index contributed by atoms with van der Waals surface area (Å²) in [6.07, 6.45) is -0.490. The van der Waals surface area contributed by atoms with Crippen molar-refractivity contribution in [2.24, 2.45) is 30.9 Å². The number of para-hydroxylation sites is 1. The van der Waals surface area contributed by atoms with Gasteiger partial charge in [0.05, 0.1) is 11.4 Å². The average molecular weight is 467 g/mol. The van der Waals surface area contributed by atoms with Crippen molar-refractivity contribution >= 4 is 11.4 Å². The number of aryl methyl sites for hydroxylation is 3. The van der Waals surface area contributed by atoms with Gasteiger partial charge >= 0.3 is 0 Å². The summed E-state index contributed by atoms with van der Waals surface area (Å²) in [5.41, 5.74) is 5.72. The Balaban J connectivity index is 1.48. The second-order valence-electron chi connectivity index (χ2n) is 8.28. The van der Waals surface area contributed by atoms with Gasteiger partial charge in [0.2, 0.25) is 6.17 Å². The number of phenolic OH excluding ortho intramolecular Hbond substituents is 1. The van der Waals surface area contributed by atoms with Gasteiger partial charge in [0, 0.05) is 11.1 Å². The highest BCUT2D eigenvalue weighted by Gasteiger charge is 2.16. The maximum absolute atomic E-state index is 13.0. The zero-order valence-electron chi connectivity index (χ0n) is 19.3. The summed E-state index contributed by atoms with van der Waals surface area (Å²) in [5, 5.41) is 37.4. The number of rotatable bonds is 5. The van der Waals surface area contributed by atoms with E-state index >= 15 is 0 Å². The predicted octanol–water partition coefficient (Wildman–Crippen LogP) is 6.71. The first-order valence-electron chi connectivity index (χ1n) is 11.0. The highest BCUT2D eigenvalue weighted by Crippen LogP contribution is 2.39. The first kappa shape index (κ1) is 22.1. The molecule has 10 heteroatoms. The summed E-state index contributed by atoms with van der Waals surface area (Å²) < 4.78 is 1.44. The smallest absolute Gasteiger partial charge is 0.299 e. The lowest BCUT2D eigenvalue weighted by molar-refractivity contribution is 0.478. The molecule has 0 aliphatic carbocycles. The van der Waals surface area contributed by atoms with Gasteiger partial charge in [-0.3, -0.25) is 9.89 Å². The van der Waals surface area contributed by atoms with Crippen molar-refractivity contribution in [1.82, 2.24) is 9.78 Å². The normalized spacial score (nSPS) is 13.3. The molecule has 0 bridgehead atoms. The maximum Gasteiger partial charge on any atom is 0.299 e. The minimum Gasteiger partial charge on any atom is -0.505 e. The van der Waals surface area contributed by atoms with E-state index in [4.69, 9.17) is 0 Å². The maximum atomic E-state index is 13.0. The van der Waals surface area contributed by atoms with E-state index in [9.17, 15) is 9.90 Å². The number of aromatic nitrogens is 2. The molecule has 0 saturated heterocycles. The summed E-state index contributed by atoms with van der Waals surface area (Å²) in [5.74, 6) is -0.0502. The lowest BCUT2D eigenvalue weighted by Gasteiger charge is -2.09.